The predicted octanol–water partition coefficient (Wildman–Crippen LogP) is 4.75. The molecule has 180 valence electrons. The molecule has 4 N–H and O–H groups in total. The maximum atomic E-state index is 12.6. The van der Waals surface area contributed by atoms with Gasteiger partial charge in [-0.1, -0.05) is 24.3 Å². The van der Waals surface area contributed by atoms with E-state index in [-0.39, 0.29) is 25.6 Å². The summed E-state index contributed by atoms with van der Waals surface area (Å²) >= 11 is 0. The monoisotopic (exact) mass is 463 g/mol. The van der Waals surface area contributed by atoms with Gasteiger partial charge in [0.25, 0.3) is 0 Å². The molecule has 1 fully saturated rings. The van der Waals surface area contributed by atoms with E-state index in [0.717, 1.165) is 47.7 Å². The number of benzene rings is 2. The molecule has 5 nitrogen and oxygen atoms in total. The lowest BCUT2D eigenvalue weighted by Gasteiger charge is -2.32. The predicted molar refractivity (Wildman–Crippen MR) is 125 cm³/mol. The van der Waals surface area contributed by atoms with Crippen molar-refractivity contribution in [3.63, 3.8) is 0 Å². The van der Waals surface area contributed by atoms with E-state index in [1.165, 1.54) is 0 Å². The van der Waals surface area contributed by atoms with Gasteiger partial charge >= 0.3 is 6.18 Å². The van der Waals surface area contributed by atoms with Crippen molar-refractivity contribution in [2.24, 2.45) is 5.92 Å². The van der Waals surface area contributed by atoms with Gasteiger partial charge in [0.1, 0.15) is 18.5 Å². The third-order valence-electron chi connectivity index (χ3n) is 6.47. The summed E-state index contributed by atoms with van der Waals surface area (Å²) in [4.78, 5) is 3.37. The van der Waals surface area contributed by atoms with Crippen LogP contribution in [0, 0.1) is 5.92 Å². The van der Waals surface area contributed by atoms with Crippen molar-refractivity contribution in [2.45, 2.75) is 50.4 Å². The van der Waals surface area contributed by atoms with Crippen LogP contribution in [0.5, 0.6) is 5.75 Å². The molecular formula is C25H32F3N3O2. The van der Waals surface area contributed by atoms with Crippen LogP contribution in [-0.4, -0.2) is 54.7 Å². The SMILES string of the molecule is O[C@@H](CNC(CCCC(F)(F)F)C1CCNCC1)COc1cccc2[nH]c3ccccc3c12. The lowest BCUT2D eigenvalue weighted by molar-refractivity contribution is -0.136. The summed E-state index contributed by atoms with van der Waals surface area (Å²) in [6.45, 7) is 2.14. The van der Waals surface area contributed by atoms with Crippen LogP contribution in [0.3, 0.4) is 0 Å². The topological polar surface area (TPSA) is 69.3 Å². The van der Waals surface area contributed by atoms with Gasteiger partial charge in [-0.3, -0.25) is 0 Å². The molecule has 1 saturated heterocycles. The molecule has 1 unspecified atom stereocenters. The van der Waals surface area contributed by atoms with Gasteiger partial charge in [0, 0.05) is 35.3 Å². The minimum absolute atomic E-state index is 0.0406. The van der Waals surface area contributed by atoms with Gasteiger partial charge in [0.15, 0.2) is 0 Å². The number of piperidine rings is 1. The number of alkyl halides is 3. The summed E-state index contributed by atoms with van der Waals surface area (Å²) < 4.78 is 43.8. The van der Waals surface area contributed by atoms with Crippen LogP contribution >= 0.6 is 0 Å². The summed E-state index contributed by atoms with van der Waals surface area (Å²) in [7, 11) is 0. The summed E-state index contributed by atoms with van der Waals surface area (Å²) in [6.07, 6.45) is -3.26. The maximum Gasteiger partial charge on any atom is 0.389 e. The third-order valence-corrected chi connectivity index (χ3v) is 6.47. The number of aromatic amines is 1. The molecule has 0 radical (unpaired) electrons. The Morgan fingerprint density at radius 1 is 1.06 bits per heavy atom. The molecule has 33 heavy (non-hydrogen) atoms. The molecule has 3 aromatic rings. The van der Waals surface area contributed by atoms with Crippen molar-refractivity contribution in [1.82, 2.24) is 15.6 Å². The van der Waals surface area contributed by atoms with E-state index in [0.29, 0.717) is 18.1 Å². The number of H-pyrrole nitrogens is 1. The van der Waals surface area contributed by atoms with E-state index >= 15 is 0 Å². The van der Waals surface area contributed by atoms with E-state index < -0.39 is 18.7 Å². The van der Waals surface area contributed by atoms with Crippen LogP contribution in [-0.2, 0) is 0 Å². The Morgan fingerprint density at radius 3 is 2.61 bits per heavy atom. The zero-order valence-corrected chi connectivity index (χ0v) is 18.6. The molecule has 2 atom stereocenters. The second-order valence-corrected chi connectivity index (χ2v) is 8.92. The molecule has 0 bridgehead atoms. The fourth-order valence-electron chi connectivity index (χ4n) is 4.79. The minimum atomic E-state index is -4.13. The highest BCUT2D eigenvalue weighted by molar-refractivity contribution is 6.10. The van der Waals surface area contributed by atoms with E-state index in [2.05, 4.69) is 15.6 Å². The molecule has 0 amide bonds. The Bertz CT molecular complexity index is 1030. The standard InChI is InChI=1S/C25H32F3N3O2/c26-25(27,28)12-4-8-20(17-10-13-29-14-11-17)30-15-18(32)16-33-23-9-3-7-22-24(23)19-5-1-2-6-21(19)31-22/h1-3,5-7,9,17-18,20,29-32H,4,8,10-16H2/t18-,20?/m0/s1. The summed E-state index contributed by atoms with van der Waals surface area (Å²) in [6, 6.07) is 13.7. The van der Waals surface area contributed by atoms with Crippen molar-refractivity contribution in [3.05, 3.63) is 42.5 Å². The van der Waals surface area contributed by atoms with Gasteiger partial charge in [0.2, 0.25) is 0 Å². The summed E-state index contributed by atoms with van der Waals surface area (Å²) in [5.41, 5.74) is 1.99. The lowest BCUT2D eigenvalue weighted by atomic mass is 9.87. The number of aliphatic hydroxyl groups excluding tert-OH is 1. The average molecular weight is 464 g/mol. The first kappa shape index (κ1) is 23.9. The van der Waals surface area contributed by atoms with Crippen LogP contribution in [0.4, 0.5) is 13.2 Å². The van der Waals surface area contributed by atoms with E-state index in [1.807, 2.05) is 42.5 Å². The Labute approximate surface area is 191 Å². The molecule has 1 aliphatic heterocycles. The first-order chi connectivity index (χ1) is 15.9. The first-order valence-electron chi connectivity index (χ1n) is 11.7. The third kappa shape index (κ3) is 6.40. The van der Waals surface area contributed by atoms with Crippen molar-refractivity contribution in [1.29, 1.82) is 0 Å². The number of para-hydroxylation sites is 1. The molecule has 0 aliphatic carbocycles. The molecule has 1 aromatic heterocycles. The average Bonchev–Trinajstić information content (AvgIpc) is 3.19. The lowest BCUT2D eigenvalue weighted by Crippen LogP contribution is -2.45. The smallest absolute Gasteiger partial charge is 0.389 e. The summed E-state index contributed by atoms with van der Waals surface area (Å²) in [5.74, 6) is 1.01. The van der Waals surface area contributed by atoms with Gasteiger partial charge in [0.05, 0.1) is 5.52 Å². The van der Waals surface area contributed by atoms with Crippen LogP contribution < -0.4 is 15.4 Å². The number of hydrogen-bond donors (Lipinski definition) is 4. The second-order valence-electron chi connectivity index (χ2n) is 8.92. The van der Waals surface area contributed by atoms with E-state index in [4.69, 9.17) is 4.74 Å². The van der Waals surface area contributed by atoms with Crippen molar-refractivity contribution in [2.75, 3.05) is 26.2 Å². The number of ether oxygens (including phenoxy) is 1. The number of nitrogens with one attached hydrogen (secondary N) is 3. The van der Waals surface area contributed by atoms with Crippen molar-refractivity contribution in [3.8, 4) is 5.75 Å². The zero-order valence-electron chi connectivity index (χ0n) is 18.6. The highest BCUT2D eigenvalue weighted by Crippen LogP contribution is 2.33. The van der Waals surface area contributed by atoms with E-state index in [1.54, 1.807) is 0 Å². The van der Waals surface area contributed by atoms with Gasteiger partial charge in [-0.2, -0.15) is 13.2 Å². The van der Waals surface area contributed by atoms with Gasteiger partial charge < -0.3 is 25.5 Å². The largest absolute Gasteiger partial charge is 0.490 e. The van der Waals surface area contributed by atoms with E-state index in [9.17, 15) is 18.3 Å². The quantitative estimate of drug-likeness (QED) is 0.350. The number of hydrogen-bond acceptors (Lipinski definition) is 4. The summed E-state index contributed by atoms with van der Waals surface area (Å²) in [5, 5.41) is 19.2. The molecule has 4 rings (SSSR count). The van der Waals surface area contributed by atoms with Crippen molar-refractivity contribution >= 4 is 21.8 Å². The van der Waals surface area contributed by atoms with Crippen LogP contribution in [0.2, 0.25) is 0 Å². The normalized spacial score (nSPS) is 17.5. The molecule has 8 heteroatoms. The maximum absolute atomic E-state index is 12.6. The Hall–Kier alpha value is -2.29. The Balaban J connectivity index is 1.34. The molecule has 0 spiro atoms. The minimum Gasteiger partial charge on any atom is -0.490 e. The molecule has 1 aliphatic rings. The van der Waals surface area contributed by atoms with Crippen molar-refractivity contribution < 1.29 is 23.0 Å². The fraction of sp³-hybridized carbons (Fsp3) is 0.520. The first-order valence-corrected chi connectivity index (χ1v) is 11.7. The highest BCUT2D eigenvalue weighted by Gasteiger charge is 2.29. The number of aromatic nitrogens is 1. The molecule has 2 heterocycles. The van der Waals surface area contributed by atoms with Gasteiger partial charge in [-0.25, -0.2) is 0 Å². The number of fused-ring (bicyclic) bond motifs is 3. The molecule has 2 aromatic carbocycles. The van der Waals surface area contributed by atoms with Gasteiger partial charge in [-0.15, -0.1) is 0 Å². The van der Waals surface area contributed by atoms with Crippen LogP contribution in [0.1, 0.15) is 32.1 Å². The number of aliphatic hydroxyl groups is 1. The number of halogens is 3. The molecular weight excluding hydrogens is 431 g/mol. The number of rotatable bonds is 10. The second kappa shape index (κ2) is 10.8. The zero-order chi connectivity index (χ0) is 23.3. The fourth-order valence-corrected chi connectivity index (χ4v) is 4.79. The molecule has 0 saturated carbocycles. The highest BCUT2D eigenvalue weighted by atomic mass is 19.4. The van der Waals surface area contributed by atoms with Gasteiger partial charge in [-0.05, 0) is 62.9 Å². The Morgan fingerprint density at radius 2 is 1.82 bits per heavy atom. The Kier molecular flexibility index (Phi) is 7.78. The van der Waals surface area contributed by atoms with Crippen LogP contribution in [0.15, 0.2) is 42.5 Å². The van der Waals surface area contributed by atoms with Crippen LogP contribution in [0.25, 0.3) is 21.8 Å².